The van der Waals surface area contributed by atoms with Crippen molar-refractivity contribution in [2.24, 2.45) is 0 Å². The van der Waals surface area contributed by atoms with Gasteiger partial charge in [0, 0.05) is 19.0 Å². The number of carbonyl (C=O) groups is 1. The van der Waals surface area contributed by atoms with Crippen molar-refractivity contribution in [1.29, 1.82) is 0 Å². The molecule has 1 aliphatic heterocycles. The first kappa shape index (κ1) is 18.7. The van der Waals surface area contributed by atoms with Crippen LogP contribution in [0.4, 0.5) is 0 Å². The number of rotatable bonds is 6. The van der Waals surface area contributed by atoms with Gasteiger partial charge in [-0.05, 0) is 25.0 Å². The highest BCUT2D eigenvalue weighted by Crippen LogP contribution is 2.39. The predicted molar refractivity (Wildman–Crippen MR) is 106 cm³/mol. The van der Waals surface area contributed by atoms with Gasteiger partial charge in [0.15, 0.2) is 0 Å². The lowest BCUT2D eigenvalue weighted by Crippen LogP contribution is -2.35. The molecule has 0 spiro atoms. The van der Waals surface area contributed by atoms with Gasteiger partial charge in [-0.1, -0.05) is 40.8 Å². The van der Waals surface area contributed by atoms with Gasteiger partial charge >= 0.3 is 5.97 Å². The van der Waals surface area contributed by atoms with E-state index in [1.54, 1.807) is 9.36 Å². The molecule has 9 nitrogen and oxygen atoms in total. The SMILES string of the molecule is CC(=O)OC[C@H]1O[C@H](c2cn(-c3ccccc3)nn2)C=C[C@H]1n1cc(C2CC2)nn1. The Kier molecular flexibility index (Phi) is 4.88. The van der Waals surface area contributed by atoms with E-state index < -0.39 is 12.2 Å². The van der Waals surface area contributed by atoms with Gasteiger partial charge in [0.2, 0.25) is 0 Å². The maximum Gasteiger partial charge on any atom is 0.302 e. The van der Waals surface area contributed by atoms with Gasteiger partial charge < -0.3 is 9.47 Å². The van der Waals surface area contributed by atoms with Crippen LogP contribution in [-0.4, -0.2) is 48.7 Å². The molecule has 3 aromatic rings. The highest BCUT2D eigenvalue weighted by molar-refractivity contribution is 5.65. The Morgan fingerprint density at radius 1 is 1.10 bits per heavy atom. The molecule has 3 atom stereocenters. The first-order valence-corrected chi connectivity index (χ1v) is 10.0. The van der Waals surface area contributed by atoms with Crippen molar-refractivity contribution in [1.82, 2.24) is 30.0 Å². The first-order chi connectivity index (χ1) is 14.7. The summed E-state index contributed by atoms with van der Waals surface area (Å²) in [5, 5.41) is 17.1. The average Bonchev–Trinajstić information content (AvgIpc) is 3.30. The molecule has 0 radical (unpaired) electrons. The molecule has 1 aliphatic carbocycles. The van der Waals surface area contributed by atoms with Crippen molar-refractivity contribution in [3.8, 4) is 5.69 Å². The number of benzene rings is 1. The van der Waals surface area contributed by atoms with Crippen LogP contribution in [0.15, 0.2) is 54.9 Å². The fourth-order valence-electron chi connectivity index (χ4n) is 3.53. The fraction of sp³-hybridized carbons (Fsp3) is 0.381. The molecule has 1 saturated carbocycles. The number of aromatic nitrogens is 6. The van der Waals surface area contributed by atoms with E-state index >= 15 is 0 Å². The van der Waals surface area contributed by atoms with Crippen molar-refractivity contribution in [3.63, 3.8) is 0 Å². The number of ether oxygens (including phenoxy) is 2. The summed E-state index contributed by atoms with van der Waals surface area (Å²) in [5.74, 6) is 0.163. The summed E-state index contributed by atoms with van der Waals surface area (Å²) >= 11 is 0. The molecule has 0 saturated heterocycles. The Morgan fingerprint density at radius 2 is 1.90 bits per heavy atom. The molecule has 2 aromatic heterocycles. The zero-order valence-corrected chi connectivity index (χ0v) is 16.5. The van der Waals surface area contributed by atoms with E-state index in [4.69, 9.17) is 9.47 Å². The number of nitrogens with zero attached hydrogens (tertiary/aromatic N) is 6. The monoisotopic (exact) mass is 406 g/mol. The maximum atomic E-state index is 11.4. The summed E-state index contributed by atoms with van der Waals surface area (Å²) in [6.07, 6.45) is 9.25. The van der Waals surface area contributed by atoms with Gasteiger partial charge in [-0.15, -0.1) is 10.2 Å². The van der Waals surface area contributed by atoms with Crippen LogP contribution in [0.1, 0.15) is 49.2 Å². The molecule has 154 valence electrons. The molecule has 0 unspecified atom stereocenters. The lowest BCUT2D eigenvalue weighted by atomic mass is 10.1. The van der Waals surface area contributed by atoms with E-state index in [1.807, 2.05) is 54.9 Å². The van der Waals surface area contributed by atoms with Crippen molar-refractivity contribution in [2.75, 3.05) is 6.61 Å². The highest BCUT2D eigenvalue weighted by Gasteiger charge is 2.34. The molecule has 0 N–H and O–H groups in total. The van der Waals surface area contributed by atoms with E-state index in [-0.39, 0.29) is 18.6 Å². The second-order valence-electron chi connectivity index (χ2n) is 7.59. The van der Waals surface area contributed by atoms with E-state index in [0.717, 1.165) is 24.2 Å². The average molecular weight is 406 g/mol. The van der Waals surface area contributed by atoms with Crippen molar-refractivity contribution < 1.29 is 14.3 Å². The molecule has 30 heavy (non-hydrogen) atoms. The van der Waals surface area contributed by atoms with Crippen LogP contribution in [0, 0.1) is 0 Å². The third-order valence-electron chi connectivity index (χ3n) is 5.29. The van der Waals surface area contributed by atoms with Crippen molar-refractivity contribution in [2.45, 2.75) is 43.9 Å². The van der Waals surface area contributed by atoms with Crippen LogP contribution in [0.5, 0.6) is 0 Å². The lowest BCUT2D eigenvalue weighted by molar-refractivity contribution is -0.148. The van der Waals surface area contributed by atoms with Gasteiger partial charge in [0.25, 0.3) is 0 Å². The van der Waals surface area contributed by atoms with E-state index in [9.17, 15) is 4.79 Å². The third-order valence-corrected chi connectivity index (χ3v) is 5.29. The summed E-state index contributed by atoms with van der Waals surface area (Å²) in [6, 6.07) is 9.54. The third kappa shape index (κ3) is 3.88. The molecule has 2 aliphatic rings. The van der Waals surface area contributed by atoms with Crippen LogP contribution in [0.3, 0.4) is 0 Å². The van der Waals surface area contributed by atoms with Gasteiger partial charge in [-0.2, -0.15) is 0 Å². The molecular weight excluding hydrogens is 384 g/mol. The normalized spacial score (nSPS) is 23.4. The summed E-state index contributed by atoms with van der Waals surface area (Å²) in [4.78, 5) is 11.4. The summed E-state index contributed by atoms with van der Waals surface area (Å²) in [5.41, 5.74) is 2.60. The number of carbonyl (C=O) groups excluding carboxylic acids is 1. The Labute approximate surface area is 173 Å². The molecule has 5 rings (SSSR count). The minimum atomic E-state index is -0.417. The van der Waals surface area contributed by atoms with Crippen LogP contribution < -0.4 is 0 Å². The largest absolute Gasteiger partial charge is 0.463 e. The molecule has 3 heterocycles. The number of hydrogen-bond donors (Lipinski definition) is 0. The topological polar surface area (TPSA) is 97.0 Å². The Balaban J connectivity index is 1.38. The molecular formula is C21H22N6O3. The Morgan fingerprint density at radius 3 is 2.67 bits per heavy atom. The second-order valence-corrected chi connectivity index (χ2v) is 7.59. The highest BCUT2D eigenvalue weighted by atomic mass is 16.6. The Hall–Kier alpha value is -3.33. The van der Waals surface area contributed by atoms with E-state index in [0.29, 0.717) is 11.6 Å². The van der Waals surface area contributed by atoms with Gasteiger partial charge in [0.05, 0.1) is 17.6 Å². The van der Waals surface area contributed by atoms with Gasteiger partial charge in [0.1, 0.15) is 30.6 Å². The molecule has 9 heteroatoms. The quantitative estimate of drug-likeness (QED) is 0.458. The van der Waals surface area contributed by atoms with Crippen LogP contribution in [0.25, 0.3) is 5.69 Å². The minimum Gasteiger partial charge on any atom is -0.463 e. The standard InChI is InChI=1S/C21H22N6O3/c1-14(28)29-13-21-19(27-11-17(22-25-27)15-7-8-15)9-10-20(30-21)18-12-26(24-23-18)16-5-3-2-4-6-16/h2-6,9-12,15,19-21H,7-8,13H2,1H3/t19-,20+,21-/m1/s1. The van der Waals surface area contributed by atoms with Crippen LogP contribution in [-0.2, 0) is 14.3 Å². The summed E-state index contributed by atoms with van der Waals surface area (Å²) in [6.45, 7) is 1.50. The molecule has 0 amide bonds. The first-order valence-electron chi connectivity index (χ1n) is 10.0. The molecule has 0 bridgehead atoms. The zero-order chi connectivity index (χ0) is 20.5. The summed E-state index contributed by atoms with van der Waals surface area (Å²) < 4.78 is 15.0. The van der Waals surface area contributed by atoms with Crippen LogP contribution >= 0.6 is 0 Å². The molecule has 1 fully saturated rings. The Bertz CT molecular complexity index is 1060. The lowest BCUT2D eigenvalue weighted by Gasteiger charge is -2.31. The van der Waals surface area contributed by atoms with Crippen molar-refractivity contribution in [3.05, 3.63) is 66.3 Å². The van der Waals surface area contributed by atoms with E-state index in [1.165, 1.54) is 6.92 Å². The summed E-state index contributed by atoms with van der Waals surface area (Å²) in [7, 11) is 0. The zero-order valence-electron chi connectivity index (χ0n) is 16.5. The van der Waals surface area contributed by atoms with Crippen LogP contribution in [0.2, 0.25) is 0 Å². The smallest absolute Gasteiger partial charge is 0.302 e. The fourth-order valence-corrected chi connectivity index (χ4v) is 3.53. The van der Waals surface area contributed by atoms with Gasteiger partial charge in [-0.3, -0.25) is 4.79 Å². The second kappa shape index (κ2) is 7.83. The number of para-hydroxylation sites is 1. The molecule has 1 aromatic carbocycles. The predicted octanol–water partition coefficient (Wildman–Crippen LogP) is 2.54. The van der Waals surface area contributed by atoms with E-state index in [2.05, 4.69) is 20.6 Å². The number of hydrogen-bond acceptors (Lipinski definition) is 7. The van der Waals surface area contributed by atoms with Gasteiger partial charge in [-0.25, -0.2) is 9.36 Å². The number of esters is 1. The maximum absolute atomic E-state index is 11.4. The minimum absolute atomic E-state index is 0.117. The van der Waals surface area contributed by atoms with Crippen molar-refractivity contribution >= 4 is 5.97 Å².